The molecule has 0 fully saturated rings. The molecule has 2 aliphatic heterocycles. The van der Waals surface area contributed by atoms with Crippen LogP contribution in [-0.2, 0) is 19.7 Å². The molecule has 3 heterocycles. The van der Waals surface area contributed by atoms with Crippen LogP contribution in [0, 0.1) is 17.0 Å². The Balaban J connectivity index is 1.93. The number of hydrogen-bond donors (Lipinski definition) is 1. The molecule has 11 heteroatoms. The first-order valence-corrected chi connectivity index (χ1v) is 11.4. The first kappa shape index (κ1) is 23.1. The van der Waals surface area contributed by atoms with Crippen LogP contribution in [0.25, 0.3) is 5.69 Å². The normalized spacial score (nSPS) is 18.2. The van der Waals surface area contributed by atoms with E-state index in [4.69, 9.17) is 15.2 Å². The lowest BCUT2D eigenvalue weighted by Gasteiger charge is -2.34. The molecule has 0 aliphatic carbocycles. The molecule has 5 rings (SSSR count). The van der Waals surface area contributed by atoms with E-state index in [9.17, 15) is 19.7 Å². The SMILES string of the molecule is CCOC(=O)C1=C(N)Oc2c(c(C)nn2-c2ccccc2)C12C(=O)N(CC)c1ccc([N+](=O)[O-])cc12. The van der Waals surface area contributed by atoms with E-state index in [1.807, 2.05) is 18.2 Å². The zero-order valence-corrected chi connectivity index (χ0v) is 19.8. The number of nitrogens with zero attached hydrogens (tertiary/aromatic N) is 4. The second-order valence-electron chi connectivity index (χ2n) is 8.33. The van der Waals surface area contributed by atoms with Crippen molar-refractivity contribution in [1.82, 2.24) is 9.78 Å². The number of anilines is 1. The second-order valence-corrected chi connectivity index (χ2v) is 8.33. The minimum Gasteiger partial charge on any atom is -0.462 e. The first-order chi connectivity index (χ1) is 17.3. The van der Waals surface area contributed by atoms with Gasteiger partial charge >= 0.3 is 5.97 Å². The first-order valence-electron chi connectivity index (χ1n) is 11.4. The summed E-state index contributed by atoms with van der Waals surface area (Å²) in [5.74, 6) is -1.53. The van der Waals surface area contributed by atoms with Gasteiger partial charge in [0.1, 0.15) is 11.0 Å². The Morgan fingerprint density at radius 2 is 1.94 bits per heavy atom. The van der Waals surface area contributed by atoms with Crippen LogP contribution in [-0.4, -0.2) is 39.7 Å². The maximum Gasteiger partial charge on any atom is 0.341 e. The molecule has 1 aromatic heterocycles. The van der Waals surface area contributed by atoms with E-state index >= 15 is 0 Å². The Hall–Kier alpha value is -4.67. The number of ether oxygens (including phenoxy) is 2. The van der Waals surface area contributed by atoms with Crippen molar-refractivity contribution in [2.75, 3.05) is 18.1 Å². The third-order valence-electron chi connectivity index (χ3n) is 6.47. The summed E-state index contributed by atoms with van der Waals surface area (Å²) in [6.07, 6.45) is 0. The van der Waals surface area contributed by atoms with Crippen molar-refractivity contribution in [3.8, 4) is 11.6 Å². The zero-order valence-electron chi connectivity index (χ0n) is 19.8. The van der Waals surface area contributed by atoms with Gasteiger partial charge in [0, 0.05) is 29.9 Å². The van der Waals surface area contributed by atoms with Crippen molar-refractivity contribution in [2.45, 2.75) is 26.2 Å². The van der Waals surface area contributed by atoms with Crippen LogP contribution >= 0.6 is 0 Å². The third-order valence-corrected chi connectivity index (χ3v) is 6.47. The van der Waals surface area contributed by atoms with E-state index in [1.165, 1.54) is 27.8 Å². The minimum atomic E-state index is -1.85. The fourth-order valence-electron chi connectivity index (χ4n) is 5.10. The summed E-state index contributed by atoms with van der Waals surface area (Å²) >= 11 is 0. The summed E-state index contributed by atoms with van der Waals surface area (Å²) in [5.41, 5.74) is 6.04. The Morgan fingerprint density at radius 1 is 1.22 bits per heavy atom. The molecule has 0 saturated carbocycles. The van der Waals surface area contributed by atoms with E-state index < -0.39 is 22.2 Å². The summed E-state index contributed by atoms with van der Waals surface area (Å²) in [5, 5.41) is 16.4. The average Bonchev–Trinajstić information content (AvgIpc) is 3.31. The number of amides is 1. The number of esters is 1. The van der Waals surface area contributed by atoms with E-state index in [0.717, 1.165) is 0 Å². The van der Waals surface area contributed by atoms with E-state index in [-0.39, 0.29) is 47.3 Å². The maximum absolute atomic E-state index is 14.3. The van der Waals surface area contributed by atoms with Gasteiger partial charge in [-0.25, -0.2) is 9.48 Å². The molecule has 1 atom stereocenters. The summed E-state index contributed by atoms with van der Waals surface area (Å²) in [7, 11) is 0. The van der Waals surface area contributed by atoms with E-state index in [0.29, 0.717) is 17.1 Å². The van der Waals surface area contributed by atoms with Gasteiger partial charge in [0.2, 0.25) is 17.7 Å². The van der Waals surface area contributed by atoms with Crippen LogP contribution in [0.2, 0.25) is 0 Å². The number of nitro benzene ring substituents is 1. The number of non-ortho nitro benzene ring substituents is 1. The molecule has 36 heavy (non-hydrogen) atoms. The van der Waals surface area contributed by atoms with E-state index in [2.05, 4.69) is 5.10 Å². The number of carbonyl (C=O) groups excluding carboxylic acids is 2. The maximum atomic E-state index is 14.3. The van der Waals surface area contributed by atoms with Crippen molar-refractivity contribution in [3.05, 3.63) is 86.9 Å². The largest absolute Gasteiger partial charge is 0.462 e. The third kappa shape index (κ3) is 2.95. The highest BCUT2D eigenvalue weighted by Crippen LogP contribution is 2.57. The van der Waals surface area contributed by atoms with Crippen molar-refractivity contribution in [1.29, 1.82) is 0 Å². The minimum absolute atomic E-state index is 0.0221. The van der Waals surface area contributed by atoms with Crippen LogP contribution in [0.1, 0.15) is 30.7 Å². The quantitative estimate of drug-likeness (QED) is 0.327. The topological polar surface area (TPSA) is 143 Å². The number of hydrogen-bond acceptors (Lipinski definition) is 8. The molecule has 0 bridgehead atoms. The van der Waals surface area contributed by atoms with Gasteiger partial charge in [0.05, 0.1) is 28.5 Å². The Kier molecular flexibility index (Phi) is 5.27. The lowest BCUT2D eigenvalue weighted by molar-refractivity contribution is -0.384. The molecule has 184 valence electrons. The number of aryl methyl sites for hydroxylation is 1. The fraction of sp³-hybridized carbons (Fsp3) is 0.240. The Bertz CT molecular complexity index is 1460. The number of aromatic nitrogens is 2. The standard InChI is InChI=1S/C25H23N5O6/c1-4-28-18-12-11-16(30(33)34)13-17(18)25(24(28)32)19-14(3)27-29(15-9-7-6-8-10-15)22(19)36-21(26)20(25)23(31)35-5-2/h6-13H,4-5,26H2,1-3H3. The Labute approximate surface area is 205 Å². The number of para-hydroxylation sites is 1. The Morgan fingerprint density at radius 3 is 2.58 bits per heavy atom. The van der Waals surface area contributed by atoms with Gasteiger partial charge in [-0.2, -0.15) is 5.10 Å². The number of nitrogens with two attached hydrogens (primary N) is 1. The van der Waals surface area contributed by atoms with Crippen LogP contribution in [0.3, 0.4) is 0 Å². The van der Waals surface area contributed by atoms with Gasteiger partial charge in [-0.3, -0.25) is 14.9 Å². The van der Waals surface area contributed by atoms with Crippen LogP contribution in [0.5, 0.6) is 5.88 Å². The highest BCUT2D eigenvalue weighted by molar-refractivity contribution is 6.18. The van der Waals surface area contributed by atoms with Gasteiger partial charge < -0.3 is 20.1 Å². The van der Waals surface area contributed by atoms with Gasteiger partial charge in [-0.15, -0.1) is 0 Å². The molecular formula is C25H23N5O6. The number of likely N-dealkylation sites (N-methyl/N-ethyl adjacent to an activating group) is 1. The van der Waals surface area contributed by atoms with Gasteiger partial charge in [0.25, 0.3) is 5.69 Å². The van der Waals surface area contributed by atoms with Crippen molar-refractivity contribution in [2.24, 2.45) is 5.73 Å². The monoisotopic (exact) mass is 489 g/mol. The highest BCUT2D eigenvalue weighted by atomic mass is 16.6. The lowest BCUT2D eigenvalue weighted by atomic mass is 9.68. The van der Waals surface area contributed by atoms with Gasteiger partial charge in [-0.05, 0) is 39.0 Å². The van der Waals surface area contributed by atoms with E-state index in [1.54, 1.807) is 32.9 Å². The summed E-state index contributed by atoms with van der Waals surface area (Å²) in [6, 6.07) is 13.2. The molecule has 1 unspecified atom stereocenters. The number of carbonyl (C=O) groups is 2. The molecule has 3 aromatic rings. The molecular weight excluding hydrogens is 466 g/mol. The number of nitro groups is 1. The predicted octanol–water partition coefficient (Wildman–Crippen LogP) is 2.87. The number of fused-ring (bicyclic) bond motifs is 4. The number of rotatable bonds is 5. The molecule has 0 radical (unpaired) electrons. The number of benzene rings is 2. The zero-order chi connectivity index (χ0) is 25.8. The average molecular weight is 489 g/mol. The molecule has 1 spiro atoms. The van der Waals surface area contributed by atoms with Gasteiger partial charge in [-0.1, -0.05) is 18.2 Å². The molecule has 2 aromatic carbocycles. The summed E-state index contributed by atoms with van der Waals surface area (Å²) < 4.78 is 12.8. The smallest absolute Gasteiger partial charge is 0.341 e. The van der Waals surface area contributed by atoms with Crippen LogP contribution < -0.4 is 15.4 Å². The fourth-order valence-corrected chi connectivity index (χ4v) is 5.10. The summed E-state index contributed by atoms with van der Waals surface area (Å²) in [4.78, 5) is 40.4. The second kappa shape index (κ2) is 8.22. The molecule has 1 amide bonds. The van der Waals surface area contributed by atoms with Crippen molar-refractivity contribution in [3.63, 3.8) is 0 Å². The van der Waals surface area contributed by atoms with Crippen molar-refractivity contribution < 1.29 is 24.0 Å². The summed E-state index contributed by atoms with van der Waals surface area (Å²) in [6.45, 7) is 5.37. The van der Waals surface area contributed by atoms with Crippen LogP contribution in [0.4, 0.5) is 11.4 Å². The lowest BCUT2D eigenvalue weighted by Crippen LogP contribution is -2.48. The molecule has 0 saturated heterocycles. The van der Waals surface area contributed by atoms with Gasteiger partial charge in [0.15, 0.2) is 0 Å². The molecule has 11 nitrogen and oxygen atoms in total. The van der Waals surface area contributed by atoms with Crippen molar-refractivity contribution >= 4 is 23.3 Å². The molecule has 2 aliphatic rings. The van der Waals surface area contributed by atoms with Crippen LogP contribution in [0.15, 0.2) is 60.0 Å². The predicted molar refractivity (Wildman–Crippen MR) is 129 cm³/mol. The highest BCUT2D eigenvalue weighted by Gasteiger charge is 2.63. The molecule has 2 N–H and O–H groups in total.